The van der Waals surface area contributed by atoms with E-state index in [0.29, 0.717) is 11.0 Å². The summed E-state index contributed by atoms with van der Waals surface area (Å²) in [6.45, 7) is -0.147. The van der Waals surface area contributed by atoms with Crippen molar-refractivity contribution in [2.75, 3.05) is 13.6 Å². The molecule has 0 radical (unpaired) electrons. The number of fused-ring (bicyclic) bond motifs is 1. The van der Waals surface area contributed by atoms with Crippen LogP contribution in [0.25, 0.3) is 11.0 Å². The standard InChI is InChI=1S/C11H12BrN3O5S/c1-15(3-2-10(16)17)21(19,20)9-5-8-7(4-6(9)12)13-11(18)14-8/h4-5H,2-3H2,1H3,(H,16,17)(H2,13,14,18). The van der Waals surface area contributed by atoms with Crippen molar-refractivity contribution in [2.45, 2.75) is 11.3 Å². The third kappa shape index (κ3) is 3.17. The lowest BCUT2D eigenvalue weighted by molar-refractivity contribution is -0.137. The zero-order chi connectivity index (χ0) is 15.8. The minimum Gasteiger partial charge on any atom is -0.481 e. The van der Waals surface area contributed by atoms with E-state index in [9.17, 15) is 18.0 Å². The number of benzene rings is 1. The van der Waals surface area contributed by atoms with Crippen molar-refractivity contribution >= 4 is 43.0 Å². The molecule has 0 aliphatic carbocycles. The maximum Gasteiger partial charge on any atom is 0.323 e. The first-order valence-corrected chi connectivity index (χ1v) is 8.05. The normalized spacial score (nSPS) is 12.1. The molecular formula is C11H12BrN3O5S. The minimum absolute atomic E-state index is 0.0434. The van der Waals surface area contributed by atoms with Gasteiger partial charge in [-0.25, -0.2) is 17.5 Å². The lowest BCUT2D eigenvalue weighted by atomic mass is 10.3. The van der Waals surface area contributed by atoms with Gasteiger partial charge < -0.3 is 15.1 Å². The minimum atomic E-state index is -3.86. The first kappa shape index (κ1) is 15.7. The molecule has 0 spiro atoms. The lowest BCUT2D eigenvalue weighted by Crippen LogP contribution is -2.29. The van der Waals surface area contributed by atoms with Gasteiger partial charge in [-0.2, -0.15) is 0 Å². The van der Waals surface area contributed by atoms with Crippen LogP contribution in [0.1, 0.15) is 6.42 Å². The van der Waals surface area contributed by atoms with Crippen molar-refractivity contribution < 1.29 is 18.3 Å². The Kier molecular flexibility index (Phi) is 4.21. The van der Waals surface area contributed by atoms with Crippen molar-refractivity contribution in [3.05, 3.63) is 27.1 Å². The van der Waals surface area contributed by atoms with Gasteiger partial charge in [0, 0.05) is 18.1 Å². The van der Waals surface area contributed by atoms with E-state index in [4.69, 9.17) is 5.11 Å². The molecule has 10 heteroatoms. The molecule has 0 aliphatic heterocycles. The Bertz CT molecular complexity index is 854. The summed E-state index contributed by atoms with van der Waals surface area (Å²) in [6.07, 6.45) is -0.295. The molecule has 0 saturated heterocycles. The second-order valence-corrected chi connectivity index (χ2v) is 7.25. The number of aliphatic carboxylic acids is 1. The molecule has 2 aromatic rings. The number of halogens is 1. The highest BCUT2D eigenvalue weighted by Crippen LogP contribution is 2.27. The second kappa shape index (κ2) is 5.62. The van der Waals surface area contributed by atoms with Crippen LogP contribution in [0, 0.1) is 0 Å². The van der Waals surface area contributed by atoms with Crippen LogP contribution in [-0.4, -0.2) is 47.4 Å². The number of sulfonamides is 1. The molecule has 0 bridgehead atoms. The summed E-state index contributed by atoms with van der Waals surface area (Å²) in [5.41, 5.74) is 0.387. The topological polar surface area (TPSA) is 123 Å². The molecule has 2 rings (SSSR count). The van der Waals surface area contributed by atoms with Crippen LogP contribution in [-0.2, 0) is 14.8 Å². The number of hydrogen-bond donors (Lipinski definition) is 3. The first-order valence-electron chi connectivity index (χ1n) is 5.81. The molecule has 8 nitrogen and oxygen atoms in total. The summed E-state index contributed by atoms with van der Waals surface area (Å²) >= 11 is 3.15. The fourth-order valence-electron chi connectivity index (χ4n) is 1.77. The van der Waals surface area contributed by atoms with Gasteiger partial charge in [0.2, 0.25) is 10.0 Å². The molecule has 0 amide bonds. The van der Waals surface area contributed by atoms with Crippen LogP contribution < -0.4 is 5.69 Å². The van der Waals surface area contributed by atoms with Crippen molar-refractivity contribution in [1.29, 1.82) is 0 Å². The highest BCUT2D eigenvalue weighted by Gasteiger charge is 2.24. The average molecular weight is 378 g/mol. The summed E-state index contributed by atoms with van der Waals surface area (Å²) in [4.78, 5) is 26.7. The van der Waals surface area contributed by atoms with E-state index in [1.54, 1.807) is 0 Å². The number of carboxylic acids is 1. The Balaban J connectivity index is 2.46. The molecule has 1 aromatic carbocycles. The van der Waals surface area contributed by atoms with E-state index in [-0.39, 0.29) is 22.3 Å². The number of H-pyrrole nitrogens is 2. The van der Waals surface area contributed by atoms with Gasteiger partial charge in [-0.1, -0.05) is 0 Å². The van der Waals surface area contributed by atoms with E-state index >= 15 is 0 Å². The number of aromatic nitrogens is 2. The van der Waals surface area contributed by atoms with Gasteiger partial charge in [0.25, 0.3) is 0 Å². The Morgan fingerprint density at radius 1 is 1.33 bits per heavy atom. The van der Waals surface area contributed by atoms with Gasteiger partial charge in [-0.3, -0.25) is 4.79 Å². The number of aromatic amines is 2. The molecule has 1 aromatic heterocycles. The molecule has 1 heterocycles. The van der Waals surface area contributed by atoms with E-state index in [0.717, 1.165) is 4.31 Å². The predicted octanol–water partition coefficient (Wildman–Crippen LogP) is 0.714. The Hall–Kier alpha value is -1.65. The van der Waals surface area contributed by atoms with E-state index in [2.05, 4.69) is 25.9 Å². The number of nitrogens with zero attached hydrogens (tertiary/aromatic N) is 1. The summed E-state index contributed by atoms with van der Waals surface area (Å²) in [7, 11) is -2.56. The van der Waals surface area contributed by atoms with Crippen LogP contribution in [0.4, 0.5) is 0 Å². The highest BCUT2D eigenvalue weighted by atomic mass is 79.9. The fraction of sp³-hybridized carbons (Fsp3) is 0.273. The van der Waals surface area contributed by atoms with E-state index < -0.39 is 21.7 Å². The summed E-state index contributed by atoms with van der Waals surface area (Å²) in [5, 5.41) is 8.62. The van der Waals surface area contributed by atoms with Crippen molar-refractivity contribution in [1.82, 2.24) is 14.3 Å². The quantitative estimate of drug-likeness (QED) is 0.707. The maximum atomic E-state index is 12.4. The molecule has 0 atom stereocenters. The van der Waals surface area contributed by atoms with E-state index in [1.165, 1.54) is 19.2 Å². The number of rotatable bonds is 5. The fourth-order valence-corrected chi connectivity index (χ4v) is 3.97. The van der Waals surface area contributed by atoms with Crippen LogP contribution >= 0.6 is 15.9 Å². The smallest absolute Gasteiger partial charge is 0.323 e. The number of carboxylic acid groups (broad SMARTS) is 1. The third-order valence-corrected chi connectivity index (χ3v) is 5.71. The number of imidazole rings is 1. The molecule has 114 valence electrons. The number of carbonyl (C=O) groups is 1. The zero-order valence-electron chi connectivity index (χ0n) is 10.9. The zero-order valence-corrected chi connectivity index (χ0v) is 13.3. The van der Waals surface area contributed by atoms with Crippen LogP contribution in [0.15, 0.2) is 26.3 Å². The molecular weight excluding hydrogens is 366 g/mol. The Morgan fingerprint density at radius 3 is 2.48 bits per heavy atom. The predicted molar refractivity (Wildman–Crippen MR) is 78.7 cm³/mol. The van der Waals surface area contributed by atoms with Gasteiger partial charge >= 0.3 is 11.7 Å². The molecule has 3 N–H and O–H groups in total. The summed E-state index contributed by atoms with van der Waals surface area (Å²) < 4.78 is 26.1. The van der Waals surface area contributed by atoms with Gasteiger partial charge in [0.15, 0.2) is 0 Å². The lowest BCUT2D eigenvalue weighted by Gasteiger charge is -2.17. The first-order chi connectivity index (χ1) is 9.71. The average Bonchev–Trinajstić information content (AvgIpc) is 2.73. The summed E-state index contributed by atoms with van der Waals surface area (Å²) in [6, 6.07) is 2.80. The Morgan fingerprint density at radius 2 is 1.90 bits per heavy atom. The monoisotopic (exact) mass is 377 g/mol. The molecule has 0 unspecified atom stereocenters. The van der Waals surface area contributed by atoms with Crippen LogP contribution in [0.3, 0.4) is 0 Å². The molecule has 0 fully saturated rings. The number of hydrogen-bond acceptors (Lipinski definition) is 4. The largest absolute Gasteiger partial charge is 0.481 e. The molecule has 21 heavy (non-hydrogen) atoms. The van der Waals surface area contributed by atoms with Crippen LogP contribution in [0.2, 0.25) is 0 Å². The Labute approximate surface area is 128 Å². The highest BCUT2D eigenvalue weighted by molar-refractivity contribution is 9.10. The third-order valence-electron chi connectivity index (χ3n) is 2.90. The SMILES string of the molecule is CN(CCC(=O)O)S(=O)(=O)c1cc2[nH]c(=O)[nH]c2cc1Br. The van der Waals surface area contributed by atoms with Crippen LogP contribution in [0.5, 0.6) is 0 Å². The molecule has 0 saturated carbocycles. The van der Waals surface area contributed by atoms with Crippen molar-refractivity contribution in [3.63, 3.8) is 0 Å². The van der Waals surface area contributed by atoms with Gasteiger partial charge in [0.05, 0.1) is 22.3 Å². The van der Waals surface area contributed by atoms with Crippen molar-refractivity contribution in [2.24, 2.45) is 0 Å². The van der Waals surface area contributed by atoms with E-state index in [1.807, 2.05) is 0 Å². The number of nitrogens with one attached hydrogen (secondary N) is 2. The van der Waals surface area contributed by atoms with Gasteiger partial charge in [-0.15, -0.1) is 0 Å². The molecule has 0 aliphatic rings. The van der Waals surface area contributed by atoms with Crippen molar-refractivity contribution in [3.8, 4) is 0 Å². The maximum absolute atomic E-state index is 12.4. The van der Waals surface area contributed by atoms with Gasteiger partial charge in [-0.05, 0) is 28.1 Å². The summed E-state index contributed by atoms with van der Waals surface area (Å²) in [5.74, 6) is -1.08. The second-order valence-electron chi connectivity index (χ2n) is 4.38. The van der Waals surface area contributed by atoms with Gasteiger partial charge in [0.1, 0.15) is 0 Å².